The van der Waals surface area contributed by atoms with Crippen LogP contribution in [-0.4, -0.2) is 166 Å². The van der Waals surface area contributed by atoms with Crippen LogP contribution in [0.4, 0.5) is 11.4 Å². The van der Waals surface area contributed by atoms with Gasteiger partial charge in [-0.3, -0.25) is 62.5 Å². The summed E-state index contributed by atoms with van der Waals surface area (Å²) in [6.07, 6.45) is 20.5. The molecule has 28 nitrogen and oxygen atoms in total. The topological polar surface area (TPSA) is 409 Å². The van der Waals surface area contributed by atoms with Crippen molar-refractivity contribution in [2.45, 2.75) is 274 Å². The third-order valence-corrected chi connectivity index (χ3v) is 29.1. The quantitative estimate of drug-likeness (QED) is 0.00846. The third kappa shape index (κ3) is 38.6. The second kappa shape index (κ2) is 67.7. The van der Waals surface area contributed by atoms with Gasteiger partial charge in [0.2, 0.25) is 12.1 Å². The molecule has 6 aromatic carbocycles. The maximum Gasteiger partial charge on any atom is 1.00 e. The van der Waals surface area contributed by atoms with Gasteiger partial charge in [0, 0.05) is 82.8 Å². The molecule has 6 N–H and O–H groups in total. The summed E-state index contributed by atoms with van der Waals surface area (Å²) >= 11 is 15.3. The van der Waals surface area contributed by atoms with E-state index in [9.17, 15) is 62.6 Å². The number of allylic oxidation sites excluding steroid dienone is 2. The van der Waals surface area contributed by atoms with Gasteiger partial charge >= 0.3 is 72.6 Å². The maximum absolute atomic E-state index is 14.0. The fourth-order valence-electron chi connectivity index (χ4n) is 20.2. The minimum atomic E-state index is -1.15. The van der Waals surface area contributed by atoms with Crippen molar-refractivity contribution in [2.75, 3.05) is 64.8 Å². The van der Waals surface area contributed by atoms with Gasteiger partial charge in [0.1, 0.15) is 13.2 Å². The van der Waals surface area contributed by atoms with E-state index in [1.807, 2.05) is 189 Å². The van der Waals surface area contributed by atoms with Crippen LogP contribution in [0.3, 0.4) is 0 Å². The molecule has 5 aliphatic carbocycles. The molecule has 0 bridgehead atoms. The smallest absolute Gasteiger partial charge is 0.870 e. The van der Waals surface area contributed by atoms with Crippen LogP contribution in [0.15, 0.2) is 192 Å². The van der Waals surface area contributed by atoms with E-state index in [4.69, 9.17) is 73.6 Å². The van der Waals surface area contributed by atoms with Gasteiger partial charge in [0.05, 0.1) is 116 Å². The average Bonchev–Trinajstić information content (AvgIpc) is 1.75. The first-order chi connectivity index (χ1) is 69.7. The fourth-order valence-corrected chi connectivity index (χ4v) is 20.5. The van der Waals surface area contributed by atoms with Gasteiger partial charge in [-0.05, 0) is 157 Å². The number of ether oxygens (including phenoxy) is 7. The minimum absolute atomic E-state index is 0. The summed E-state index contributed by atoms with van der Waals surface area (Å²) in [5, 5.41) is 23.3. The van der Waals surface area contributed by atoms with Crippen molar-refractivity contribution in [2.24, 2.45) is 72.4 Å². The van der Waals surface area contributed by atoms with E-state index < -0.39 is 69.1 Å². The van der Waals surface area contributed by atoms with Crippen LogP contribution < -0.4 is 39.7 Å². The van der Waals surface area contributed by atoms with Crippen LogP contribution >= 0.6 is 39.1 Å². The normalized spacial score (nSPS) is 17.7. The molecule has 2 heterocycles. The molecule has 13 rings (SSSR count). The summed E-state index contributed by atoms with van der Waals surface area (Å²) in [6.45, 7) is 23.9. The van der Waals surface area contributed by atoms with Gasteiger partial charge < -0.3 is 77.1 Å². The summed E-state index contributed by atoms with van der Waals surface area (Å²) in [6, 6.07) is 48.8. The number of amides is 3. The summed E-state index contributed by atoms with van der Waals surface area (Å²) in [4.78, 5) is 161. The molecule has 2 aliphatic heterocycles. The Kier molecular flexibility index (Phi) is 60.6. The number of fused-ring (bicyclic) bond motifs is 2. The molecule has 0 aromatic heterocycles. The number of hydrogen-bond donors (Lipinski definition) is 4. The number of para-hydroxylation sites is 2. The van der Waals surface area contributed by atoms with Gasteiger partial charge in [0.15, 0.2) is 6.17 Å². The second-order valence-electron chi connectivity index (χ2n) is 38.9. The van der Waals surface area contributed by atoms with Crippen molar-refractivity contribution in [1.82, 2.24) is 5.32 Å². The number of carboxylic acids is 2. The predicted octanol–water partition coefficient (Wildman–Crippen LogP) is 20.2. The van der Waals surface area contributed by atoms with Crippen LogP contribution in [0.2, 0.25) is 10.0 Å². The average molecular weight is 2370 g/mol. The molecule has 5 saturated carbocycles. The zero-order valence-corrected chi connectivity index (χ0v) is 96.9. The number of anilines is 2. The van der Waals surface area contributed by atoms with Crippen LogP contribution in [0.5, 0.6) is 0 Å². The number of methoxy groups -OCH3 is 5. The Morgan fingerprint density at radius 1 is 0.480 bits per heavy atom. The Hall–Kier alpha value is -9.59. The van der Waals surface area contributed by atoms with Crippen molar-refractivity contribution in [3.8, 4) is 0 Å². The van der Waals surface area contributed by atoms with Gasteiger partial charge in [-0.15, -0.1) is 6.58 Å². The number of rotatable bonds is 29. The largest absolute Gasteiger partial charge is 1.00 e. The number of alkyl halides is 1. The number of carbonyl (C=O) groups excluding carboxylic acids is 10. The molecule has 0 saturated heterocycles. The Labute approximate surface area is 932 Å². The molecule has 0 spiro atoms. The number of likely N-dealkylation sites (N-methyl/N-ethyl adjacent to an activating group) is 2. The van der Waals surface area contributed by atoms with Crippen molar-refractivity contribution >= 4 is 133 Å². The number of aliphatic carboxylic acids is 2. The number of esters is 7. The van der Waals surface area contributed by atoms with Gasteiger partial charge in [-0.2, -0.15) is 0 Å². The number of halogens is 3. The first-order valence-electron chi connectivity index (χ1n) is 51.0. The zero-order valence-electron chi connectivity index (χ0n) is 90.6. The SMILES string of the molecule is C=C(C)CBr.C=C(C)CC(C(=O)OCc1ccccc1)C1(C(=O)OC)CCCCC1.CC.CN1C(=O)C(N)N=C(c2ccc(Cl)cc2)c2ccccc21.COC(=O)C1(C(CC(C)C)C(=O)NC2N=C(c3ccc(Cl)cc3)c3ccccc3N(C)C2=O)CCCCC1.COC(=O)C1(C(CC(C)C)C(=O)O)CCCCC1.COC(=O)C1(CC(=O)O)CCCCC1.COC(=O)C1(CC(=O)OCc2ccccc2)CCCCC1.[3H][CH2-].[Li+].[OH-].[U]. The van der Waals surface area contributed by atoms with E-state index in [1.165, 1.54) is 46.0 Å². The van der Waals surface area contributed by atoms with E-state index in [1.54, 1.807) is 43.3 Å². The van der Waals surface area contributed by atoms with Crippen LogP contribution in [0.25, 0.3) is 0 Å². The number of nitrogens with zero attached hydrogens (tertiary/aromatic N) is 4. The summed E-state index contributed by atoms with van der Waals surface area (Å²) in [7, 11) is 12.7. The summed E-state index contributed by atoms with van der Waals surface area (Å²) in [5.74, 6) is -6.36. The number of benzene rings is 6. The predicted molar refractivity (Wildman–Crippen MR) is 576 cm³/mol. The summed E-state index contributed by atoms with van der Waals surface area (Å²) < 4.78 is 41.2. The Balaban J connectivity index is 0.000000607. The van der Waals surface area contributed by atoms with Gasteiger partial charge in [-0.1, -0.05) is 316 Å². The molecule has 5 unspecified atom stereocenters. The molecule has 7 aliphatic rings. The molecule has 33 heteroatoms. The molecule has 148 heavy (non-hydrogen) atoms. The van der Waals surface area contributed by atoms with Crippen molar-refractivity contribution < 1.29 is 158 Å². The zero-order chi connectivity index (χ0) is 108. The van der Waals surface area contributed by atoms with Crippen molar-refractivity contribution in [3.63, 3.8) is 0 Å². The van der Waals surface area contributed by atoms with Crippen molar-refractivity contribution in [1.29, 1.82) is 0 Å². The number of carboxylic acid groups (broad SMARTS) is 2. The van der Waals surface area contributed by atoms with Crippen molar-refractivity contribution in [3.05, 3.63) is 233 Å². The van der Waals surface area contributed by atoms with E-state index >= 15 is 0 Å². The van der Waals surface area contributed by atoms with Crippen LogP contribution in [0, 0.1) is 95.2 Å². The molecule has 806 valence electrons. The molecule has 5 atom stereocenters. The molecular weight excluding hydrogens is 2210 g/mol. The van der Waals surface area contributed by atoms with Gasteiger partial charge in [0.25, 0.3) is 11.8 Å². The second-order valence-corrected chi connectivity index (χ2v) is 40.4. The number of nitrogens with two attached hydrogens (primary N) is 1. The number of benzodiazepines with no additional fused rings is 2. The monoisotopic (exact) mass is 2370 g/mol. The molecule has 5 fully saturated rings. The Morgan fingerprint density at radius 2 is 0.804 bits per heavy atom. The Morgan fingerprint density at radius 3 is 1.16 bits per heavy atom. The van der Waals surface area contributed by atoms with E-state index in [-0.39, 0.29) is 153 Å². The third-order valence-electron chi connectivity index (χ3n) is 27.6. The first kappa shape index (κ1) is 133. The molecule has 6 aromatic rings. The fraction of sp³-hybridized carbons (Fsp3) is 0.522. The van der Waals surface area contributed by atoms with Gasteiger partial charge in [-0.25, -0.2) is 6.36 Å². The number of hydrogen-bond acceptors (Lipinski definition) is 23. The first-order valence-corrected chi connectivity index (χ1v) is 52.2. The van der Waals surface area contributed by atoms with Crippen LogP contribution in [0.1, 0.15) is 283 Å². The van der Waals surface area contributed by atoms with E-state index in [0.717, 1.165) is 146 Å². The minimum Gasteiger partial charge on any atom is -0.870 e. The molecular formula is C115H157BrCl2LiN6O22U-. The van der Waals surface area contributed by atoms with Crippen LogP contribution in [-0.2, 0) is 104 Å². The maximum atomic E-state index is 14.0. The number of nitrogens with one attached hydrogen (secondary N) is 1. The Bertz CT molecular complexity index is 5280. The standard InChI is InChI=1S/C30H36ClN3O4.C21H28O4.C17H22O4.C16H14ClN3O.C14H24O4.C10H16O4.C4H7Br.C2H6.CH3.Li.H2O.U/c1-19(2)18-23(30(29(37)38-4)16-8-5-9-17-30)27(35)33-26-28(36)34(3)24-11-7-6-10-22(24)25(32-26)20-12-14-21(31)15-13-20;1-16(2)14-18(19(22)25-15-17-10-6-4-7-11-17)21(20(23)24-3)12-8-5-9-13-21;1-20-16(19)17(10-6-3-7-11-17)12-15(18)21-13-14-8-4-2-5-9-14;1-20-13-5-3-2-4-12(13)14(19-15(18)16(20)21)10-6-8-11(17)9-7-10;1-10(2)9-11(12(15)16)14(13(17)18-3)7-5-4-6-8-14;1-14-9(13)10(7-8(11)12)5-3-2-4-6-10;1-4(2)3-5;1-2;;;;/h6-7,10-15,19,23,26H,5,8-9,16-18H2,1-4H3,(H,33,35);4,6-7,10-11,18H,1,5,8-9,12-15H2,2-3H3;2,4-5,8-9H,3,6-7,10-13H2,1H3;2-9,15H,18H2,1H3;10-11H,4-9H2,1-3H3,(H,15,16);2-7H2,1H3,(H,11,12);1,3H2,2H3;1-2H3;1H3;;1H2;/q;;;;;;;;-1;+1;;/p-1/i;;;;;;;;1T;;;. The number of aliphatic imine (C=N–C) groups is 2. The van der Waals surface area contributed by atoms with E-state index in [0.29, 0.717) is 111 Å². The molecule has 3 amide bonds. The summed E-state index contributed by atoms with van der Waals surface area (Å²) in [5.41, 5.74) is 12.0. The molecule has 0 radical (unpaired) electrons. The number of carbonyl (C=O) groups is 12. The van der Waals surface area contributed by atoms with E-state index in [2.05, 4.69) is 46.8 Å².